The van der Waals surface area contributed by atoms with Crippen molar-refractivity contribution in [1.82, 2.24) is 0 Å². The highest BCUT2D eigenvalue weighted by Gasteiger charge is 2.43. The maximum Gasteiger partial charge on any atom is 0.310 e. The quantitative estimate of drug-likeness (QED) is 0.840. The van der Waals surface area contributed by atoms with E-state index in [-0.39, 0.29) is 12.3 Å². The van der Waals surface area contributed by atoms with Gasteiger partial charge in [-0.05, 0) is 38.0 Å². The summed E-state index contributed by atoms with van der Waals surface area (Å²) < 4.78 is 5.44. The van der Waals surface area contributed by atoms with E-state index in [9.17, 15) is 14.7 Å². The topological polar surface area (TPSA) is 99.4 Å². The molecule has 122 valence electrons. The van der Waals surface area contributed by atoms with E-state index in [1.807, 2.05) is 13.0 Å². The highest BCUT2D eigenvalue weighted by Crippen LogP contribution is 2.41. The van der Waals surface area contributed by atoms with Crippen LogP contribution in [0, 0.1) is 16.7 Å². The van der Waals surface area contributed by atoms with Crippen LogP contribution in [0.5, 0.6) is 5.75 Å². The van der Waals surface area contributed by atoms with Crippen molar-refractivity contribution in [2.45, 2.75) is 39.0 Å². The molecule has 0 radical (unpaired) electrons. The van der Waals surface area contributed by atoms with Gasteiger partial charge in [0.15, 0.2) is 0 Å². The van der Waals surface area contributed by atoms with Gasteiger partial charge in [-0.3, -0.25) is 9.59 Å². The largest absolute Gasteiger partial charge is 0.492 e. The van der Waals surface area contributed by atoms with Crippen LogP contribution in [0.3, 0.4) is 0 Å². The van der Waals surface area contributed by atoms with Crippen molar-refractivity contribution in [3.8, 4) is 11.8 Å². The zero-order valence-corrected chi connectivity index (χ0v) is 13.1. The van der Waals surface area contributed by atoms with Gasteiger partial charge >= 0.3 is 5.97 Å². The molecule has 6 heteroatoms. The normalized spacial score (nSPS) is 15.7. The minimum absolute atomic E-state index is 0.0648. The summed E-state index contributed by atoms with van der Waals surface area (Å²) in [6.45, 7) is 2.25. The highest BCUT2D eigenvalue weighted by atomic mass is 16.5. The molecule has 1 aliphatic rings. The summed E-state index contributed by atoms with van der Waals surface area (Å²) in [6, 6.07) is 6.77. The smallest absolute Gasteiger partial charge is 0.310 e. The van der Waals surface area contributed by atoms with E-state index < -0.39 is 11.4 Å². The first-order valence-electron chi connectivity index (χ1n) is 7.71. The number of aliphatic carboxylic acids is 1. The molecule has 0 atom stereocenters. The molecular formula is C17H20N2O4. The lowest BCUT2D eigenvalue weighted by molar-refractivity contribution is -0.150. The van der Waals surface area contributed by atoms with Crippen LogP contribution in [0.15, 0.2) is 18.2 Å². The van der Waals surface area contributed by atoms with E-state index >= 15 is 0 Å². The number of nitrogens with one attached hydrogen (secondary N) is 1. The fraction of sp³-hybridized carbons (Fsp3) is 0.471. The first-order valence-corrected chi connectivity index (χ1v) is 7.71. The van der Waals surface area contributed by atoms with Crippen molar-refractivity contribution in [3.05, 3.63) is 23.8 Å². The molecule has 1 saturated carbocycles. The van der Waals surface area contributed by atoms with E-state index in [0.717, 1.165) is 12.8 Å². The van der Waals surface area contributed by atoms with Gasteiger partial charge < -0.3 is 15.2 Å². The molecule has 0 unspecified atom stereocenters. The average molecular weight is 316 g/mol. The molecule has 0 aliphatic heterocycles. The number of hydrogen-bond acceptors (Lipinski definition) is 4. The van der Waals surface area contributed by atoms with E-state index in [2.05, 4.69) is 5.32 Å². The Hall–Kier alpha value is -2.55. The van der Waals surface area contributed by atoms with Gasteiger partial charge in [-0.2, -0.15) is 5.26 Å². The number of hydrogen-bond donors (Lipinski definition) is 2. The van der Waals surface area contributed by atoms with Crippen LogP contribution in [-0.2, 0) is 9.59 Å². The maximum atomic E-state index is 12.3. The van der Waals surface area contributed by atoms with Gasteiger partial charge in [-0.1, -0.05) is 12.8 Å². The van der Waals surface area contributed by atoms with Crippen molar-refractivity contribution in [3.63, 3.8) is 0 Å². The number of carboxylic acids is 1. The fourth-order valence-corrected chi connectivity index (χ4v) is 3.00. The number of nitriles is 1. The number of nitrogens with zero attached hydrogens (tertiary/aromatic N) is 1. The molecule has 0 saturated heterocycles. The Morgan fingerprint density at radius 2 is 2.09 bits per heavy atom. The molecule has 1 aromatic carbocycles. The molecule has 1 aliphatic carbocycles. The predicted octanol–water partition coefficient (Wildman–Crippen LogP) is 2.93. The van der Waals surface area contributed by atoms with Crippen LogP contribution in [0.25, 0.3) is 0 Å². The first kappa shape index (κ1) is 16.8. The number of ether oxygens (including phenoxy) is 1. The summed E-state index contributed by atoms with van der Waals surface area (Å²) >= 11 is 0. The zero-order valence-electron chi connectivity index (χ0n) is 13.1. The second-order valence-corrected chi connectivity index (χ2v) is 5.77. The van der Waals surface area contributed by atoms with Crippen molar-refractivity contribution in [1.29, 1.82) is 5.26 Å². The molecule has 1 amide bonds. The van der Waals surface area contributed by atoms with Gasteiger partial charge in [-0.15, -0.1) is 0 Å². The third-order valence-corrected chi connectivity index (χ3v) is 4.20. The van der Waals surface area contributed by atoms with Gasteiger partial charge in [0.2, 0.25) is 5.91 Å². The monoisotopic (exact) mass is 316 g/mol. The van der Waals surface area contributed by atoms with Crippen LogP contribution >= 0.6 is 0 Å². The number of anilines is 1. The predicted molar refractivity (Wildman–Crippen MR) is 84.1 cm³/mol. The molecule has 2 rings (SSSR count). The van der Waals surface area contributed by atoms with Crippen LogP contribution in [0.2, 0.25) is 0 Å². The molecule has 6 nitrogen and oxygen atoms in total. The summed E-state index contributed by atoms with van der Waals surface area (Å²) in [7, 11) is 0. The number of carbonyl (C=O) groups excluding carboxylic acids is 1. The van der Waals surface area contributed by atoms with Gasteiger partial charge in [0.1, 0.15) is 5.75 Å². The van der Waals surface area contributed by atoms with Crippen molar-refractivity contribution >= 4 is 17.6 Å². The van der Waals surface area contributed by atoms with Gasteiger partial charge in [0.05, 0.1) is 29.3 Å². The number of carboxylic acid groups (broad SMARTS) is 1. The van der Waals surface area contributed by atoms with Crippen LogP contribution in [0.4, 0.5) is 5.69 Å². The van der Waals surface area contributed by atoms with Crippen molar-refractivity contribution < 1.29 is 19.4 Å². The Bertz CT molecular complexity index is 642. The molecule has 1 aromatic rings. The van der Waals surface area contributed by atoms with Gasteiger partial charge in [-0.25, -0.2) is 0 Å². The summed E-state index contributed by atoms with van der Waals surface area (Å²) in [5, 5.41) is 21.1. The van der Waals surface area contributed by atoms with Crippen LogP contribution in [-0.4, -0.2) is 23.6 Å². The Morgan fingerprint density at radius 1 is 1.39 bits per heavy atom. The fourth-order valence-electron chi connectivity index (χ4n) is 3.00. The van der Waals surface area contributed by atoms with E-state index in [4.69, 9.17) is 10.00 Å². The zero-order chi connectivity index (χ0) is 16.9. The van der Waals surface area contributed by atoms with Crippen molar-refractivity contribution in [2.24, 2.45) is 5.41 Å². The van der Waals surface area contributed by atoms with Gasteiger partial charge in [0, 0.05) is 6.42 Å². The number of benzene rings is 1. The standard InChI is InChI=1S/C17H20N2O4/c1-2-23-14-6-5-12(11-18)9-13(14)19-15(20)10-17(16(21)22)7-3-4-8-17/h5-6,9H,2-4,7-8,10H2,1H3,(H,19,20)(H,21,22). The summed E-state index contributed by atoms with van der Waals surface area (Å²) in [4.78, 5) is 23.9. The summed E-state index contributed by atoms with van der Waals surface area (Å²) in [5.74, 6) is -0.818. The molecular weight excluding hydrogens is 296 g/mol. The first-order chi connectivity index (χ1) is 11.0. The molecule has 23 heavy (non-hydrogen) atoms. The Morgan fingerprint density at radius 3 is 2.65 bits per heavy atom. The minimum atomic E-state index is -0.970. The highest BCUT2D eigenvalue weighted by molar-refractivity contribution is 5.95. The lowest BCUT2D eigenvalue weighted by Gasteiger charge is -2.23. The lowest BCUT2D eigenvalue weighted by Crippen LogP contribution is -2.32. The Balaban J connectivity index is 2.16. The Kier molecular flexibility index (Phi) is 5.22. The van der Waals surface area contributed by atoms with Crippen LogP contribution < -0.4 is 10.1 Å². The lowest BCUT2D eigenvalue weighted by atomic mass is 9.82. The third kappa shape index (κ3) is 3.81. The molecule has 0 spiro atoms. The van der Waals surface area contributed by atoms with E-state index in [1.165, 1.54) is 6.07 Å². The molecule has 2 N–H and O–H groups in total. The molecule has 0 heterocycles. The van der Waals surface area contributed by atoms with Gasteiger partial charge in [0.25, 0.3) is 0 Å². The molecule has 0 aromatic heterocycles. The van der Waals surface area contributed by atoms with Crippen molar-refractivity contribution in [2.75, 3.05) is 11.9 Å². The molecule has 1 fully saturated rings. The number of carbonyl (C=O) groups is 2. The minimum Gasteiger partial charge on any atom is -0.492 e. The summed E-state index contributed by atoms with van der Waals surface area (Å²) in [6.07, 6.45) is 2.63. The Labute approximate surface area is 135 Å². The second-order valence-electron chi connectivity index (χ2n) is 5.77. The van der Waals surface area contributed by atoms with Crippen LogP contribution in [0.1, 0.15) is 44.6 Å². The average Bonchev–Trinajstić information content (AvgIpc) is 2.99. The number of amides is 1. The van der Waals surface area contributed by atoms with E-state index in [0.29, 0.717) is 36.4 Å². The maximum absolute atomic E-state index is 12.3. The number of rotatable bonds is 6. The van der Waals surface area contributed by atoms with E-state index in [1.54, 1.807) is 12.1 Å². The SMILES string of the molecule is CCOc1ccc(C#N)cc1NC(=O)CC1(C(=O)O)CCCC1. The molecule has 0 bridgehead atoms. The second kappa shape index (κ2) is 7.14. The summed E-state index contributed by atoms with van der Waals surface area (Å²) in [5.41, 5.74) is -0.171. The third-order valence-electron chi connectivity index (χ3n) is 4.20.